The highest BCUT2D eigenvalue weighted by Gasteiger charge is 2.11. The van der Waals surface area contributed by atoms with Gasteiger partial charge in [0.05, 0.1) is 13.2 Å². The zero-order chi connectivity index (χ0) is 13.7. The summed E-state index contributed by atoms with van der Waals surface area (Å²) in [6, 6.07) is 4.47. The summed E-state index contributed by atoms with van der Waals surface area (Å²) in [6.45, 7) is 11.9. The van der Waals surface area contributed by atoms with Gasteiger partial charge >= 0.3 is 0 Å². The first-order valence-corrected chi connectivity index (χ1v) is 7.23. The van der Waals surface area contributed by atoms with E-state index in [1.807, 2.05) is 0 Å². The minimum absolute atomic E-state index is 0.757. The first-order valence-electron chi connectivity index (χ1n) is 7.23. The molecule has 0 aliphatic carbocycles. The number of aryl methyl sites for hydroxylation is 3. The molecule has 0 amide bonds. The van der Waals surface area contributed by atoms with Gasteiger partial charge in [-0.2, -0.15) is 0 Å². The van der Waals surface area contributed by atoms with Crippen LogP contribution >= 0.6 is 0 Å². The Kier molecular flexibility index (Phi) is 5.23. The molecule has 0 spiro atoms. The fraction of sp³-hybridized carbons (Fsp3) is 0.625. The minimum Gasteiger partial charge on any atom is -0.492 e. The van der Waals surface area contributed by atoms with Gasteiger partial charge in [0.25, 0.3) is 0 Å². The lowest BCUT2D eigenvalue weighted by atomic mass is 10.0. The Morgan fingerprint density at radius 3 is 2.37 bits per heavy atom. The SMILES string of the molecule is CCc1cc(C)c(OCCN2CCOCC2)c(C)c1. The summed E-state index contributed by atoms with van der Waals surface area (Å²) >= 11 is 0. The van der Waals surface area contributed by atoms with Crippen molar-refractivity contribution in [3.63, 3.8) is 0 Å². The van der Waals surface area contributed by atoms with Crippen LogP contribution in [-0.4, -0.2) is 44.4 Å². The molecule has 1 aliphatic rings. The maximum Gasteiger partial charge on any atom is 0.125 e. The summed E-state index contributed by atoms with van der Waals surface area (Å²) in [4.78, 5) is 2.40. The van der Waals surface area contributed by atoms with Gasteiger partial charge in [0.2, 0.25) is 0 Å². The Labute approximate surface area is 116 Å². The van der Waals surface area contributed by atoms with Crippen molar-refractivity contribution in [3.05, 3.63) is 28.8 Å². The second-order valence-corrected chi connectivity index (χ2v) is 5.21. The molecule has 0 unspecified atom stereocenters. The summed E-state index contributed by atoms with van der Waals surface area (Å²) in [6.07, 6.45) is 1.08. The van der Waals surface area contributed by atoms with E-state index in [1.165, 1.54) is 16.7 Å². The topological polar surface area (TPSA) is 21.7 Å². The third-order valence-corrected chi connectivity index (χ3v) is 3.69. The van der Waals surface area contributed by atoms with E-state index < -0.39 is 0 Å². The van der Waals surface area contributed by atoms with E-state index in [0.717, 1.165) is 51.6 Å². The minimum atomic E-state index is 0.757. The molecule has 106 valence electrons. The van der Waals surface area contributed by atoms with E-state index in [-0.39, 0.29) is 0 Å². The number of hydrogen-bond acceptors (Lipinski definition) is 3. The third kappa shape index (κ3) is 3.95. The Hall–Kier alpha value is -1.06. The molecule has 1 aromatic carbocycles. The molecule has 0 radical (unpaired) electrons. The second-order valence-electron chi connectivity index (χ2n) is 5.21. The molecule has 0 saturated carbocycles. The molecule has 0 aromatic heterocycles. The van der Waals surface area contributed by atoms with Crippen molar-refractivity contribution in [2.45, 2.75) is 27.2 Å². The van der Waals surface area contributed by atoms with Crippen LogP contribution in [0.15, 0.2) is 12.1 Å². The van der Waals surface area contributed by atoms with Gasteiger partial charge in [-0.05, 0) is 37.0 Å². The molecule has 19 heavy (non-hydrogen) atoms. The molecule has 0 N–H and O–H groups in total. The first-order chi connectivity index (χ1) is 9.20. The summed E-state index contributed by atoms with van der Waals surface area (Å²) in [5.74, 6) is 1.06. The van der Waals surface area contributed by atoms with Crippen LogP contribution in [0.5, 0.6) is 5.75 Å². The van der Waals surface area contributed by atoms with Crippen LogP contribution in [0.25, 0.3) is 0 Å². The first kappa shape index (κ1) is 14.4. The van der Waals surface area contributed by atoms with Gasteiger partial charge in [-0.25, -0.2) is 0 Å². The molecule has 2 rings (SSSR count). The normalized spacial score (nSPS) is 16.6. The van der Waals surface area contributed by atoms with Gasteiger partial charge in [0.1, 0.15) is 12.4 Å². The summed E-state index contributed by atoms with van der Waals surface area (Å²) in [5.41, 5.74) is 3.88. The number of ether oxygens (including phenoxy) is 2. The van der Waals surface area contributed by atoms with E-state index >= 15 is 0 Å². The van der Waals surface area contributed by atoms with Gasteiger partial charge in [0.15, 0.2) is 0 Å². The van der Waals surface area contributed by atoms with E-state index in [9.17, 15) is 0 Å². The fourth-order valence-electron chi connectivity index (χ4n) is 2.57. The number of rotatable bonds is 5. The van der Waals surface area contributed by atoms with Crippen LogP contribution in [0.2, 0.25) is 0 Å². The summed E-state index contributed by atoms with van der Waals surface area (Å²) in [5, 5.41) is 0. The van der Waals surface area contributed by atoms with E-state index in [4.69, 9.17) is 9.47 Å². The lowest BCUT2D eigenvalue weighted by molar-refractivity contribution is 0.0322. The summed E-state index contributed by atoms with van der Waals surface area (Å²) < 4.78 is 11.3. The third-order valence-electron chi connectivity index (χ3n) is 3.69. The standard InChI is InChI=1S/C16H25NO2/c1-4-15-11-13(2)16(14(3)12-15)19-10-7-17-5-8-18-9-6-17/h11-12H,4-10H2,1-3H3. The lowest BCUT2D eigenvalue weighted by Crippen LogP contribution is -2.38. The van der Waals surface area contributed by atoms with Gasteiger partial charge in [0, 0.05) is 19.6 Å². The van der Waals surface area contributed by atoms with Gasteiger partial charge in [-0.3, -0.25) is 4.90 Å². The Bertz CT molecular complexity index is 388. The van der Waals surface area contributed by atoms with Gasteiger partial charge < -0.3 is 9.47 Å². The lowest BCUT2D eigenvalue weighted by Gasteiger charge is -2.26. The highest BCUT2D eigenvalue weighted by Crippen LogP contribution is 2.25. The Morgan fingerprint density at radius 2 is 1.79 bits per heavy atom. The summed E-state index contributed by atoms with van der Waals surface area (Å²) in [7, 11) is 0. The number of morpholine rings is 1. The zero-order valence-corrected chi connectivity index (χ0v) is 12.4. The molecular formula is C16H25NO2. The zero-order valence-electron chi connectivity index (χ0n) is 12.4. The van der Waals surface area contributed by atoms with E-state index in [1.54, 1.807) is 0 Å². The van der Waals surface area contributed by atoms with Crippen LogP contribution in [0.1, 0.15) is 23.6 Å². The Balaban J connectivity index is 1.88. The fourth-order valence-corrected chi connectivity index (χ4v) is 2.57. The van der Waals surface area contributed by atoms with Crippen molar-refractivity contribution < 1.29 is 9.47 Å². The van der Waals surface area contributed by atoms with Crippen molar-refractivity contribution in [3.8, 4) is 5.75 Å². The van der Waals surface area contributed by atoms with Crippen molar-refractivity contribution in [1.29, 1.82) is 0 Å². The predicted octanol–water partition coefficient (Wildman–Crippen LogP) is 2.58. The second kappa shape index (κ2) is 6.92. The van der Waals surface area contributed by atoms with Crippen molar-refractivity contribution in [1.82, 2.24) is 4.90 Å². The maximum absolute atomic E-state index is 5.99. The van der Waals surface area contributed by atoms with Crippen molar-refractivity contribution in [2.75, 3.05) is 39.5 Å². The van der Waals surface area contributed by atoms with Crippen molar-refractivity contribution >= 4 is 0 Å². The highest BCUT2D eigenvalue weighted by atomic mass is 16.5. The smallest absolute Gasteiger partial charge is 0.125 e. The average Bonchev–Trinajstić information content (AvgIpc) is 2.42. The molecule has 1 aliphatic heterocycles. The average molecular weight is 263 g/mol. The molecule has 0 atom stereocenters. The van der Waals surface area contributed by atoms with Crippen LogP contribution in [0, 0.1) is 13.8 Å². The van der Waals surface area contributed by atoms with E-state index in [0.29, 0.717) is 0 Å². The molecule has 1 saturated heterocycles. The molecule has 1 aromatic rings. The Morgan fingerprint density at radius 1 is 1.16 bits per heavy atom. The molecule has 0 bridgehead atoms. The quantitative estimate of drug-likeness (QED) is 0.815. The molecule has 1 fully saturated rings. The van der Waals surface area contributed by atoms with E-state index in [2.05, 4.69) is 37.8 Å². The van der Waals surface area contributed by atoms with Gasteiger partial charge in [-0.1, -0.05) is 19.1 Å². The maximum atomic E-state index is 5.99. The largest absolute Gasteiger partial charge is 0.492 e. The van der Waals surface area contributed by atoms with Gasteiger partial charge in [-0.15, -0.1) is 0 Å². The molecular weight excluding hydrogens is 238 g/mol. The van der Waals surface area contributed by atoms with Crippen LogP contribution < -0.4 is 4.74 Å². The number of hydrogen-bond donors (Lipinski definition) is 0. The van der Waals surface area contributed by atoms with Crippen molar-refractivity contribution in [2.24, 2.45) is 0 Å². The van der Waals surface area contributed by atoms with Crippen LogP contribution in [0.3, 0.4) is 0 Å². The molecule has 3 nitrogen and oxygen atoms in total. The number of nitrogens with zero attached hydrogens (tertiary/aromatic N) is 1. The van der Waals surface area contributed by atoms with Crippen LogP contribution in [-0.2, 0) is 11.2 Å². The highest BCUT2D eigenvalue weighted by molar-refractivity contribution is 5.43. The predicted molar refractivity (Wildman–Crippen MR) is 78.0 cm³/mol. The number of benzene rings is 1. The van der Waals surface area contributed by atoms with Crippen LogP contribution in [0.4, 0.5) is 0 Å². The molecule has 1 heterocycles. The molecule has 3 heteroatoms. The monoisotopic (exact) mass is 263 g/mol.